The zero-order valence-corrected chi connectivity index (χ0v) is 10.1. The summed E-state index contributed by atoms with van der Waals surface area (Å²) in [5, 5.41) is 11.8. The van der Waals surface area contributed by atoms with Crippen molar-refractivity contribution in [2.45, 2.75) is 13.0 Å². The van der Waals surface area contributed by atoms with Crippen molar-refractivity contribution in [2.24, 2.45) is 0 Å². The average Bonchev–Trinajstić information content (AvgIpc) is 2.16. The zero-order valence-electron chi connectivity index (χ0n) is 9.27. The molecule has 0 heterocycles. The summed E-state index contributed by atoms with van der Waals surface area (Å²) in [5.41, 5.74) is 0.478. The van der Waals surface area contributed by atoms with Gasteiger partial charge in [-0.3, -0.25) is 9.00 Å². The first-order valence-electron chi connectivity index (χ1n) is 4.89. The Morgan fingerprint density at radius 3 is 2.50 bits per heavy atom. The van der Waals surface area contributed by atoms with Gasteiger partial charge in [0.25, 0.3) is 5.91 Å². The van der Waals surface area contributed by atoms with E-state index in [1.165, 1.54) is 12.1 Å². The summed E-state index contributed by atoms with van der Waals surface area (Å²) in [6.07, 6.45) is 1.60. The van der Waals surface area contributed by atoms with Gasteiger partial charge in [-0.25, -0.2) is 0 Å². The molecule has 1 amide bonds. The molecule has 0 spiro atoms. The lowest BCUT2D eigenvalue weighted by Gasteiger charge is -2.12. The lowest BCUT2D eigenvalue weighted by molar-refractivity contribution is 0.0943. The Balaban J connectivity index is 2.58. The third kappa shape index (κ3) is 4.02. The maximum absolute atomic E-state index is 11.7. The normalized spacial score (nSPS) is 14.1. The number of rotatable bonds is 4. The number of nitrogens with one attached hydrogen (secondary N) is 1. The second-order valence-electron chi connectivity index (χ2n) is 3.66. The van der Waals surface area contributed by atoms with Gasteiger partial charge in [-0.15, -0.1) is 0 Å². The molecule has 1 rings (SSSR count). The second kappa shape index (κ2) is 5.65. The van der Waals surface area contributed by atoms with Gasteiger partial charge < -0.3 is 10.4 Å². The molecule has 2 unspecified atom stereocenters. The minimum Gasteiger partial charge on any atom is -0.508 e. The van der Waals surface area contributed by atoms with Crippen molar-refractivity contribution in [1.82, 2.24) is 5.32 Å². The predicted octanol–water partition coefficient (Wildman–Crippen LogP) is 0.889. The van der Waals surface area contributed by atoms with Crippen molar-refractivity contribution in [3.05, 3.63) is 29.8 Å². The zero-order chi connectivity index (χ0) is 12.1. The lowest BCUT2D eigenvalue weighted by Crippen LogP contribution is -2.36. The molecular formula is C11H15NO3S. The molecule has 0 aliphatic carbocycles. The molecule has 2 atom stereocenters. The minimum atomic E-state index is -0.927. The van der Waals surface area contributed by atoms with Crippen LogP contribution in [0.25, 0.3) is 0 Å². The van der Waals surface area contributed by atoms with E-state index >= 15 is 0 Å². The molecule has 0 aliphatic rings. The van der Waals surface area contributed by atoms with E-state index < -0.39 is 10.8 Å². The van der Waals surface area contributed by atoms with Crippen LogP contribution in [0.3, 0.4) is 0 Å². The summed E-state index contributed by atoms with van der Waals surface area (Å²) in [6, 6.07) is 5.86. The number of carbonyl (C=O) groups excluding carboxylic acids is 1. The van der Waals surface area contributed by atoms with E-state index in [-0.39, 0.29) is 17.7 Å². The highest BCUT2D eigenvalue weighted by Gasteiger charge is 2.10. The second-order valence-corrected chi connectivity index (χ2v) is 5.14. The predicted molar refractivity (Wildman–Crippen MR) is 64.0 cm³/mol. The van der Waals surface area contributed by atoms with Crippen LogP contribution in [0, 0.1) is 0 Å². The van der Waals surface area contributed by atoms with Gasteiger partial charge in [0.05, 0.1) is 0 Å². The summed E-state index contributed by atoms with van der Waals surface area (Å²) in [5.74, 6) is 0.335. The van der Waals surface area contributed by atoms with Crippen LogP contribution in [-0.2, 0) is 10.8 Å². The molecule has 0 bridgehead atoms. The molecule has 88 valence electrons. The number of benzene rings is 1. The number of phenols is 1. The Kier molecular flexibility index (Phi) is 4.49. The fraction of sp³-hybridized carbons (Fsp3) is 0.364. The van der Waals surface area contributed by atoms with E-state index in [1.54, 1.807) is 25.3 Å². The molecule has 0 saturated heterocycles. The van der Waals surface area contributed by atoms with E-state index in [1.807, 2.05) is 0 Å². The van der Waals surface area contributed by atoms with Crippen molar-refractivity contribution in [3.63, 3.8) is 0 Å². The molecule has 0 fully saturated rings. The van der Waals surface area contributed by atoms with E-state index in [2.05, 4.69) is 5.32 Å². The van der Waals surface area contributed by atoms with Gasteiger partial charge in [-0.2, -0.15) is 0 Å². The summed E-state index contributed by atoms with van der Waals surface area (Å²) < 4.78 is 10.9. The van der Waals surface area contributed by atoms with Gasteiger partial charge in [0.2, 0.25) is 0 Å². The van der Waals surface area contributed by atoms with Crippen LogP contribution in [0.4, 0.5) is 0 Å². The van der Waals surface area contributed by atoms with Crippen LogP contribution in [-0.4, -0.2) is 33.3 Å². The van der Waals surface area contributed by atoms with Gasteiger partial charge in [0, 0.05) is 34.4 Å². The fourth-order valence-electron chi connectivity index (χ4n) is 1.31. The lowest BCUT2D eigenvalue weighted by atomic mass is 10.2. The number of hydrogen-bond acceptors (Lipinski definition) is 3. The molecule has 0 saturated carbocycles. The van der Waals surface area contributed by atoms with Gasteiger partial charge in [0.15, 0.2) is 0 Å². The third-order valence-electron chi connectivity index (χ3n) is 1.99. The van der Waals surface area contributed by atoms with E-state index in [9.17, 15) is 9.00 Å². The third-order valence-corrected chi connectivity index (χ3v) is 2.96. The van der Waals surface area contributed by atoms with Crippen LogP contribution in [0.15, 0.2) is 24.3 Å². The molecule has 5 heteroatoms. The van der Waals surface area contributed by atoms with Gasteiger partial charge in [-0.1, -0.05) is 0 Å². The Bertz CT molecular complexity index is 389. The average molecular weight is 241 g/mol. The summed E-state index contributed by atoms with van der Waals surface area (Å²) in [4.78, 5) is 11.7. The van der Waals surface area contributed by atoms with Crippen LogP contribution >= 0.6 is 0 Å². The number of hydrogen-bond donors (Lipinski definition) is 2. The van der Waals surface area contributed by atoms with Crippen molar-refractivity contribution < 1.29 is 14.1 Å². The highest BCUT2D eigenvalue weighted by Crippen LogP contribution is 2.09. The largest absolute Gasteiger partial charge is 0.508 e. The number of amides is 1. The van der Waals surface area contributed by atoms with E-state index in [0.29, 0.717) is 11.3 Å². The standard InChI is InChI=1S/C11H15NO3S/c1-8(7-16(2)15)12-11(14)9-3-5-10(13)6-4-9/h3-6,8,13H,7H2,1-2H3,(H,12,14). The first-order valence-corrected chi connectivity index (χ1v) is 6.61. The summed E-state index contributed by atoms with van der Waals surface area (Å²) in [6.45, 7) is 1.81. The minimum absolute atomic E-state index is 0.124. The quantitative estimate of drug-likeness (QED) is 0.822. The molecule has 1 aromatic rings. The Morgan fingerprint density at radius 1 is 1.44 bits per heavy atom. The molecule has 4 nitrogen and oxygen atoms in total. The van der Waals surface area contributed by atoms with E-state index in [0.717, 1.165) is 0 Å². The smallest absolute Gasteiger partial charge is 0.251 e. The van der Waals surface area contributed by atoms with Crippen molar-refractivity contribution >= 4 is 16.7 Å². The van der Waals surface area contributed by atoms with Gasteiger partial charge >= 0.3 is 0 Å². The van der Waals surface area contributed by atoms with Gasteiger partial charge in [0.1, 0.15) is 5.75 Å². The van der Waals surface area contributed by atoms with Crippen molar-refractivity contribution in [2.75, 3.05) is 12.0 Å². The van der Waals surface area contributed by atoms with Crippen molar-refractivity contribution in [1.29, 1.82) is 0 Å². The van der Waals surface area contributed by atoms with Crippen LogP contribution in [0.5, 0.6) is 5.75 Å². The van der Waals surface area contributed by atoms with Gasteiger partial charge in [-0.05, 0) is 31.2 Å². The SMILES string of the molecule is CC(CS(C)=O)NC(=O)c1ccc(O)cc1. The maximum Gasteiger partial charge on any atom is 0.251 e. The molecule has 0 aromatic heterocycles. The first-order chi connectivity index (χ1) is 7.49. The fourth-order valence-corrected chi connectivity index (χ4v) is 2.10. The Morgan fingerprint density at radius 2 is 2.00 bits per heavy atom. The highest BCUT2D eigenvalue weighted by atomic mass is 32.2. The monoisotopic (exact) mass is 241 g/mol. The Hall–Kier alpha value is -1.36. The molecule has 0 radical (unpaired) electrons. The number of phenolic OH excluding ortho intramolecular Hbond substituents is 1. The summed E-state index contributed by atoms with van der Waals surface area (Å²) >= 11 is 0. The summed E-state index contributed by atoms with van der Waals surface area (Å²) in [7, 11) is -0.927. The number of carbonyl (C=O) groups is 1. The molecular weight excluding hydrogens is 226 g/mol. The molecule has 1 aromatic carbocycles. The first kappa shape index (κ1) is 12.7. The molecule has 16 heavy (non-hydrogen) atoms. The Labute approximate surface area is 97.1 Å². The van der Waals surface area contributed by atoms with Crippen LogP contribution in [0.2, 0.25) is 0 Å². The highest BCUT2D eigenvalue weighted by molar-refractivity contribution is 7.84. The maximum atomic E-state index is 11.7. The molecule has 0 aliphatic heterocycles. The number of aromatic hydroxyl groups is 1. The molecule has 2 N–H and O–H groups in total. The van der Waals surface area contributed by atoms with E-state index in [4.69, 9.17) is 5.11 Å². The van der Waals surface area contributed by atoms with Crippen LogP contribution < -0.4 is 5.32 Å². The van der Waals surface area contributed by atoms with Crippen LogP contribution in [0.1, 0.15) is 17.3 Å². The van der Waals surface area contributed by atoms with Crippen molar-refractivity contribution in [3.8, 4) is 5.75 Å². The topological polar surface area (TPSA) is 66.4 Å².